The van der Waals surface area contributed by atoms with Gasteiger partial charge >= 0.3 is 5.97 Å². The number of nitrogens with zero attached hydrogens (tertiary/aromatic N) is 2. The quantitative estimate of drug-likeness (QED) is 0.783. The first-order valence-corrected chi connectivity index (χ1v) is 9.85. The maximum absolute atomic E-state index is 12.5. The summed E-state index contributed by atoms with van der Waals surface area (Å²) in [6, 6.07) is 4.76. The van der Waals surface area contributed by atoms with Gasteiger partial charge in [-0.15, -0.1) is 11.3 Å². The summed E-state index contributed by atoms with van der Waals surface area (Å²) in [4.78, 5) is 18.0. The van der Waals surface area contributed by atoms with Gasteiger partial charge in [0, 0.05) is 13.1 Å². The van der Waals surface area contributed by atoms with E-state index in [-0.39, 0.29) is 9.77 Å². The van der Waals surface area contributed by atoms with Gasteiger partial charge in [-0.2, -0.15) is 0 Å². The van der Waals surface area contributed by atoms with Crippen LogP contribution in [0.3, 0.4) is 0 Å². The van der Waals surface area contributed by atoms with Crippen molar-refractivity contribution in [3.8, 4) is 0 Å². The number of sulfonamides is 1. The summed E-state index contributed by atoms with van der Waals surface area (Å²) in [6.07, 6.45) is 1.45. The molecule has 0 bridgehead atoms. The van der Waals surface area contributed by atoms with Crippen molar-refractivity contribution in [1.82, 2.24) is 4.98 Å². The minimum absolute atomic E-state index is 0.0351. The monoisotopic (exact) mass is 383 g/mol. The van der Waals surface area contributed by atoms with Gasteiger partial charge in [0.2, 0.25) is 0 Å². The van der Waals surface area contributed by atoms with E-state index in [1.54, 1.807) is 12.1 Å². The lowest BCUT2D eigenvalue weighted by Gasteiger charge is -2.27. The number of methoxy groups -OCH3 is 1. The lowest BCUT2D eigenvalue weighted by molar-refractivity contribution is 0.0602. The first kappa shape index (κ1) is 17.6. The highest BCUT2D eigenvalue weighted by molar-refractivity contribution is 7.93. The zero-order valence-electron chi connectivity index (χ0n) is 13.5. The number of ether oxygens (including phenoxy) is 2. The van der Waals surface area contributed by atoms with Gasteiger partial charge in [-0.1, -0.05) is 0 Å². The van der Waals surface area contributed by atoms with E-state index in [2.05, 4.69) is 19.3 Å². The Hall–Kier alpha value is -2.17. The van der Waals surface area contributed by atoms with Gasteiger partial charge in [0.25, 0.3) is 10.0 Å². The first-order valence-electron chi connectivity index (χ1n) is 7.48. The highest BCUT2D eigenvalue weighted by atomic mass is 32.2. The van der Waals surface area contributed by atoms with Gasteiger partial charge in [0.05, 0.1) is 32.2 Å². The Bertz CT molecular complexity index is 842. The largest absolute Gasteiger partial charge is 0.465 e. The van der Waals surface area contributed by atoms with Crippen molar-refractivity contribution in [3.05, 3.63) is 34.7 Å². The molecule has 3 rings (SSSR count). The third-order valence-electron chi connectivity index (χ3n) is 3.62. The molecule has 1 aliphatic heterocycles. The molecule has 0 aromatic carbocycles. The second kappa shape index (κ2) is 7.38. The number of esters is 1. The van der Waals surface area contributed by atoms with Gasteiger partial charge in [0.1, 0.15) is 15.6 Å². The van der Waals surface area contributed by atoms with Crippen molar-refractivity contribution < 1.29 is 22.7 Å². The fourth-order valence-corrected chi connectivity index (χ4v) is 4.77. The number of hydrogen-bond acceptors (Lipinski definition) is 8. The Balaban J connectivity index is 1.77. The summed E-state index contributed by atoms with van der Waals surface area (Å²) in [6.45, 7) is 2.78. The predicted molar refractivity (Wildman–Crippen MR) is 93.7 cm³/mol. The molecule has 0 saturated carbocycles. The second-order valence-electron chi connectivity index (χ2n) is 5.22. The lowest BCUT2D eigenvalue weighted by atomic mass is 10.3. The Labute approximate surface area is 149 Å². The Morgan fingerprint density at radius 2 is 2.08 bits per heavy atom. The number of carbonyl (C=O) groups is 1. The van der Waals surface area contributed by atoms with E-state index in [0.29, 0.717) is 18.9 Å². The zero-order chi connectivity index (χ0) is 17.9. The molecule has 0 unspecified atom stereocenters. The number of pyridine rings is 1. The van der Waals surface area contributed by atoms with Crippen LogP contribution in [-0.4, -0.2) is 52.8 Å². The van der Waals surface area contributed by atoms with E-state index >= 15 is 0 Å². The molecular formula is C15H17N3O5S2. The number of carbonyl (C=O) groups excluding carboxylic acids is 1. The summed E-state index contributed by atoms with van der Waals surface area (Å²) >= 11 is 1.01. The van der Waals surface area contributed by atoms with Crippen LogP contribution in [0.15, 0.2) is 34.7 Å². The molecule has 2 aromatic rings. The van der Waals surface area contributed by atoms with Gasteiger partial charge in [-0.25, -0.2) is 18.2 Å². The number of nitrogens with one attached hydrogen (secondary N) is 1. The van der Waals surface area contributed by atoms with Gasteiger partial charge in [0.15, 0.2) is 0 Å². The minimum atomic E-state index is -3.91. The van der Waals surface area contributed by atoms with E-state index in [9.17, 15) is 13.2 Å². The lowest BCUT2D eigenvalue weighted by Crippen LogP contribution is -2.36. The molecule has 0 atom stereocenters. The standard InChI is InChI=1S/C15H17N3O5S2/c1-22-15(19)14-12(4-9-24-14)25(20,21)17-11-2-3-13(16-10-11)18-5-7-23-8-6-18/h2-4,9-10,17H,5-8H2,1H3. The van der Waals surface area contributed by atoms with Crippen molar-refractivity contribution in [1.29, 1.82) is 0 Å². The Kier molecular flexibility index (Phi) is 5.21. The van der Waals surface area contributed by atoms with Crippen molar-refractivity contribution in [2.24, 2.45) is 0 Å². The van der Waals surface area contributed by atoms with Gasteiger partial charge in [-0.05, 0) is 23.6 Å². The van der Waals surface area contributed by atoms with E-state index in [4.69, 9.17) is 4.74 Å². The summed E-state index contributed by atoms with van der Waals surface area (Å²) in [7, 11) is -2.70. The van der Waals surface area contributed by atoms with Crippen LogP contribution in [0, 0.1) is 0 Å². The molecule has 1 aliphatic rings. The molecule has 0 amide bonds. The van der Waals surface area contributed by atoms with Crippen molar-refractivity contribution in [2.75, 3.05) is 43.0 Å². The van der Waals surface area contributed by atoms with E-state index in [1.807, 2.05) is 0 Å². The third-order valence-corrected chi connectivity index (χ3v) is 6.07. The highest BCUT2D eigenvalue weighted by Crippen LogP contribution is 2.25. The van der Waals surface area contributed by atoms with Crippen LogP contribution in [0.25, 0.3) is 0 Å². The molecule has 10 heteroatoms. The van der Waals surface area contributed by atoms with Crippen molar-refractivity contribution >= 4 is 38.8 Å². The predicted octanol–water partition coefficient (Wildman–Crippen LogP) is 1.57. The number of morpholine rings is 1. The molecule has 25 heavy (non-hydrogen) atoms. The SMILES string of the molecule is COC(=O)c1sccc1S(=O)(=O)Nc1ccc(N2CCOCC2)nc1. The fourth-order valence-electron chi connectivity index (χ4n) is 2.39. The number of hydrogen-bond donors (Lipinski definition) is 1. The molecule has 0 radical (unpaired) electrons. The maximum atomic E-state index is 12.5. The van der Waals surface area contributed by atoms with Crippen LogP contribution >= 0.6 is 11.3 Å². The number of aromatic nitrogens is 1. The highest BCUT2D eigenvalue weighted by Gasteiger charge is 2.25. The number of anilines is 2. The van der Waals surface area contributed by atoms with Gasteiger partial charge in [-0.3, -0.25) is 4.72 Å². The molecule has 1 saturated heterocycles. The second-order valence-corrected chi connectivity index (χ2v) is 7.78. The maximum Gasteiger partial charge on any atom is 0.349 e. The molecule has 1 N–H and O–H groups in total. The summed E-state index contributed by atoms with van der Waals surface area (Å²) in [5, 5.41) is 1.53. The molecule has 2 aromatic heterocycles. The third kappa shape index (κ3) is 3.91. The Morgan fingerprint density at radius 1 is 1.32 bits per heavy atom. The molecule has 0 aliphatic carbocycles. The van der Waals surface area contributed by atoms with Crippen LogP contribution in [0.4, 0.5) is 11.5 Å². The van der Waals surface area contributed by atoms with E-state index < -0.39 is 16.0 Å². The van der Waals surface area contributed by atoms with E-state index in [0.717, 1.165) is 30.2 Å². The van der Waals surface area contributed by atoms with E-state index in [1.165, 1.54) is 24.8 Å². The van der Waals surface area contributed by atoms with Crippen LogP contribution in [0.2, 0.25) is 0 Å². The molecule has 1 fully saturated rings. The molecule has 134 valence electrons. The average Bonchev–Trinajstić information content (AvgIpc) is 3.13. The van der Waals surface area contributed by atoms with Crippen LogP contribution in [0.1, 0.15) is 9.67 Å². The van der Waals surface area contributed by atoms with Crippen LogP contribution in [-0.2, 0) is 19.5 Å². The molecular weight excluding hydrogens is 366 g/mol. The zero-order valence-corrected chi connectivity index (χ0v) is 15.1. The van der Waals surface area contributed by atoms with Crippen LogP contribution < -0.4 is 9.62 Å². The topological polar surface area (TPSA) is 97.8 Å². The summed E-state index contributed by atoms with van der Waals surface area (Å²) in [5.41, 5.74) is 0.319. The van der Waals surface area contributed by atoms with Crippen LogP contribution in [0.5, 0.6) is 0 Å². The smallest absolute Gasteiger partial charge is 0.349 e. The number of thiophene rings is 1. The summed E-state index contributed by atoms with van der Waals surface area (Å²) < 4.78 is 37.4. The Morgan fingerprint density at radius 3 is 2.72 bits per heavy atom. The minimum Gasteiger partial charge on any atom is -0.465 e. The number of rotatable bonds is 5. The van der Waals surface area contributed by atoms with Gasteiger partial charge < -0.3 is 14.4 Å². The normalized spacial score (nSPS) is 15.0. The average molecular weight is 383 g/mol. The van der Waals surface area contributed by atoms with Crippen molar-refractivity contribution in [2.45, 2.75) is 4.90 Å². The molecule has 3 heterocycles. The molecule has 8 nitrogen and oxygen atoms in total. The summed E-state index contributed by atoms with van der Waals surface area (Å²) in [5.74, 6) is 0.0770. The first-order chi connectivity index (χ1) is 12.0. The molecule has 0 spiro atoms. The fraction of sp³-hybridized carbons (Fsp3) is 0.333. The van der Waals surface area contributed by atoms with Crippen molar-refractivity contribution in [3.63, 3.8) is 0 Å².